The van der Waals surface area contributed by atoms with Crippen LogP contribution in [0.1, 0.15) is 31.2 Å². The monoisotopic (exact) mass is 526 g/mol. The largest absolute Gasteiger partial charge is 0.426 e. The number of fused-ring (bicyclic) bond motifs is 5. The van der Waals surface area contributed by atoms with E-state index in [0.29, 0.717) is 39.5 Å². The standard InChI is InChI=1S/C27H24Cl2N2O5/c1-13-9-17(7-8-19(13)31-25(33)22-14-5-6-15(10-14)23(22)26(31)34)36-27(35)16-11-21(32)30(12-16)20-4-2-3-18(28)24(20)29/h2-4,7-9,14-16,22-23H,5-6,10-12H2,1H3/t14-,15-,16+,22-,23+/m0/s1. The summed E-state index contributed by atoms with van der Waals surface area (Å²) in [5.74, 6) is -1.09. The van der Waals surface area contributed by atoms with E-state index < -0.39 is 11.9 Å². The van der Waals surface area contributed by atoms with Crippen molar-refractivity contribution in [2.75, 3.05) is 16.3 Å². The maximum Gasteiger partial charge on any atom is 0.316 e. The number of carbonyl (C=O) groups excluding carboxylic acids is 4. The summed E-state index contributed by atoms with van der Waals surface area (Å²) < 4.78 is 5.59. The summed E-state index contributed by atoms with van der Waals surface area (Å²) in [5.41, 5.74) is 1.67. The molecule has 186 valence electrons. The van der Waals surface area contributed by atoms with Crippen molar-refractivity contribution in [2.24, 2.45) is 29.6 Å². The van der Waals surface area contributed by atoms with Gasteiger partial charge in [-0.1, -0.05) is 29.3 Å². The first-order chi connectivity index (χ1) is 17.2. The van der Waals surface area contributed by atoms with Crippen LogP contribution in [-0.2, 0) is 19.2 Å². The molecule has 3 amide bonds. The Kier molecular flexibility index (Phi) is 5.61. The quantitative estimate of drug-likeness (QED) is 0.324. The number of hydrogen-bond acceptors (Lipinski definition) is 5. The van der Waals surface area contributed by atoms with Crippen LogP contribution in [0.4, 0.5) is 11.4 Å². The Morgan fingerprint density at radius 1 is 0.972 bits per heavy atom. The lowest BCUT2D eigenvalue weighted by molar-refractivity contribution is -0.139. The van der Waals surface area contributed by atoms with Crippen molar-refractivity contribution < 1.29 is 23.9 Å². The van der Waals surface area contributed by atoms with Crippen LogP contribution in [0.5, 0.6) is 5.75 Å². The van der Waals surface area contributed by atoms with Crippen LogP contribution < -0.4 is 14.5 Å². The predicted molar refractivity (Wildman–Crippen MR) is 134 cm³/mol. The van der Waals surface area contributed by atoms with E-state index in [0.717, 1.165) is 19.3 Å². The molecular formula is C27H24Cl2N2O5. The summed E-state index contributed by atoms with van der Waals surface area (Å²) in [6, 6.07) is 9.91. The molecule has 5 atom stereocenters. The number of halogens is 2. The molecule has 4 fully saturated rings. The molecule has 0 radical (unpaired) electrons. The molecule has 6 rings (SSSR count). The lowest BCUT2D eigenvalue weighted by atomic mass is 9.81. The molecule has 0 aromatic heterocycles. The minimum Gasteiger partial charge on any atom is -0.426 e. The van der Waals surface area contributed by atoms with E-state index in [1.807, 2.05) is 0 Å². The Bertz CT molecular complexity index is 1300. The van der Waals surface area contributed by atoms with E-state index in [-0.39, 0.29) is 47.5 Å². The molecule has 0 spiro atoms. The second-order valence-electron chi connectivity index (χ2n) is 10.2. The summed E-state index contributed by atoms with van der Waals surface area (Å²) in [4.78, 5) is 54.6. The highest BCUT2D eigenvalue weighted by atomic mass is 35.5. The van der Waals surface area contributed by atoms with Crippen molar-refractivity contribution >= 4 is 58.3 Å². The average molecular weight is 527 g/mol. The van der Waals surface area contributed by atoms with Crippen molar-refractivity contribution in [1.29, 1.82) is 0 Å². The van der Waals surface area contributed by atoms with Crippen LogP contribution in [0.2, 0.25) is 10.0 Å². The second kappa shape index (κ2) is 8.60. The summed E-state index contributed by atoms with van der Waals surface area (Å²) >= 11 is 12.3. The minimum absolute atomic E-state index is 0.000628. The summed E-state index contributed by atoms with van der Waals surface area (Å²) in [5, 5.41) is 0.589. The molecule has 2 aromatic carbocycles. The Balaban J connectivity index is 1.16. The van der Waals surface area contributed by atoms with Gasteiger partial charge in [-0.3, -0.25) is 19.2 Å². The van der Waals surface area contributed by atoms with Crippen LogP contribution in [0.25, 0.3) is 0 Å². The number of amides is 3. The third-order valence-electron chi connectivity index (χ3n) is 8.24. The third-order valence-corrected chi connectivity index (χ3v) is 9.04. The van der Waals surface area contributed by atoms with Crippen LogP contribution >= 0.6 is 23.2 Å². The van der Waals surface area contributed by atoms with Crippen molar-refractivity contribution in [2.45, 2.75) is 32.6 Å². The Morgan fingerprint density at radius 3 is 2.33 bits per heavy atom. The van der Waals surface area contributed by atoms with Gasteiger partial charge in [0.25, 0.3) is 0 Å². The van der Waals surface area contributed by atoms with E-state index in [2.05, 4.69) is 0 Å². The van der Waals surface area contributed by atoms with Crippen molar-refractivity contribution in [1.82, 2.24) is 0 Å². The zero-order valence-electron chi connectivity index (χ0n) is 19.6. The fourth-order valence-electron chi connectivity index (χ4n) is 6.59. The van der Waals surface area contributed by atoms with Gasteiger partial charge < -0.3 is 9.64 Å². The average Bonchev–Trinajstić information content (AvgIpc) is 3.60. The first kappa shape index (κ1) is 23.5. The number of aryl methyl sites for hydroxylation is 1. The molecule has 36 heavy (non-hydrogen) atoms. The van der Waals surface area contributed by atoms with Gasteiger partial charge in [0.2, 0.25) is 17.7 Å². The number of nitrogens with zero attached hydrogens (tertiary/aromatic N) is 2. The molecule has 2 bridgehead atoms. The Morgan fingerprint density at radius 2 is 1.67 bits per heavy atom. The van der Waals surface area contributed by atoms with Crippen LogP contribution in [-0.4, -0.2) is 30.2 Å². The van der Waals surface area contributed by atoms with E-state index in [9.17, 15) is 19.2 Å². The molecular weight excluding hydrogens is 503 g/mol. The van der Waals surface area contributed by atoms with E-state index in [4.69, 9.17) is 27.9 Å². The first-order valence-corrected chi connectivity index (χ1v) is 12.9. The number of carbonyl (C=O) groups is 4. The van der Waals surface area contributed by atoms with Crippen LogP contribution in [0, 0.1) is 36.5 Å². The maximum atomic E-state index is 13.2. The Labute approximate surface area is 218 Å². The number of rotatable bonds is 4. The van der Waals surface area contributed by atoms with Crippen molar-refractivity contribution in [3.63, 3.8) is 0 Å². The highest BCUT2D eigenvalue weighted by molar-refractivity contribution is 6.44. The number of hydrogen-bond donors (Lipinski definition) is 0. The highest BCUT2D eigenvalue weighted by Crippen LogP contribution is 2.56. The normalized spacial score (nSPS) is 28.9. The molecule has 2 heterocycles. The molecule has 9 heteroatoms. The highest BCUT2D eigenvalue weighted by Gasteiger charge is 2.61. The smallest absolute Gasteiger partial charge is 0.316 e. The molecule has 2 aromatic rings. The predicted octanol–water partition coefficient (Wildman–Crippen LogP) is 4.80. The van der Waals surface area contributed by atoms with Gasteiger partial charge in [0.05, 0.1) is 39.2 Å². The van der Waals surface area contributed by atoms with Gasteiger partial charge in [-0.2, -0.15) is 0 Å². The summed E-state index contributed by atoms with van der Waals surface area (Å²) in [6.45, 7) is 1.93. The zero-order valence-corrected chi connectivity index (χ0v) is 21.1. The molecule has 2 saturated heterocycles. The SMILES string of the molecule is Cc1cc(OC(=O)[C@@H]2CC(=O)N(c3cccc(Cl)c3Cl)C2)ccc1N1C(=O)[C@@H]2[C@H]3CC[C@@H](C3)[C@@H]2C1=O. The molecule has 2 aliphatic carbocycles. The number of anilines is 2. The number of esters is 1. The maximum absolute atomic E-state index is 13.2. The van der Waals surface area contributed by atoms with Gasteiger partial charge in [0.15, 0.2) is 0 Å². The summed E-state index contributed by atoms with van der Waals surface area (Å²) in [7, 11) is 0. The number of ether oxygens (including phenoxy) is 1. The topological polar surface area (TPSA) is 84.0 Å². The fourth-order valence-corrected chi connectivity index (χ4v) is 6.98. The van der Waals surface area contributed by atoms with E-state index in [1.54, 1.807) is 43.3 Å². The molecule has 0 unspecified atom stereocenters. The Hall–Kier alpha value is -2.90. The van der Waals surface area contributed by atoms with E-state index in [1.165, 1.54) is 9.80 Å². The second-order valence-corrected chi connectivity index (χ2v) is 11.0. The molecule has 7 nitrogen and oxygen atoms in total. The van der Waals surface area contributed by atoms with E-state index >= 15 is 0 Å². The minimum atomic E-state index is -0.663. The van der Waals surface area contributed by atoms with Crippen LogP contribution in [0.15, 0.2) is 36.4 Å². The van der Waals surface area contributed by atoms with Gasteiger partial charge in [-0.25, -0.2) is 4.90 Å². The number of imide groups is 1. The zero-order chi connectivity index (χ0) is 25.3. The lowest BCUT2D eigenvalue weighted by Gasteiger charge is -2.20. The van der Waals surface area contributed by atoms with Crippen molar-refractivity contribution in [3.05, 3.63) is 52.0 Å². The summed E-state index contributed by atoms with van der Waals surface area (Å²) in [6.07, 6.45) is 3.04. The lowest BCUT2D eigenvalue weighted by Crippen LogP contribution is -2.33. The third kappa shape index (κ3) is 3.55. The van der Waals surface area contributed by atoms with Gasteiger partial charge in [0, 0.05) is 13.0 Å². The molecule has 0 N–H and O–H groups in total. The van der Waals surface area contributed by atoms with Gasteiger partial charge in [-0.05, 0) is 73.9 Å². The fraction of sp³-hybridized carbons (Fsp3) is 0.407. The molecule has 2 saturated carbocycles. The van der Waals surface area contributed by atoms with Crippen LogP contribution in [0.3, 0.4) is 0 Å². The van der Waals surface area contributed by atoms with Crippen molar-refractivity contribution in [3.8, 4) is 5.75 Å². The number of benzene rings is 2. The van der Waals surface area contributed by atoms with Gasteiger partial charge >= 0.3 is 5.97 Å². The first-order valence-electron chi connectivity index (χ1n) is 12.2. The van der Waals surface area contributed by atoms with Gasteiger partial charge in [0.1, 0.15) is 5.75 Å². The molecule has 2 aliphatic heterocycles. The molecule has 4 aliphatic rings. The van der Waals surface area contributed by atoms with Gasteiger partial charge in [-0.15, -0.1) is 0 Å².